The van der Waals surface area contributed by atoms with Crippen LogP contribution in [0, 0.1) is 11.6 Å². The number of rotatable bonds is 5. The molecule has 1 aromatic heterocycles. The fourth-order valence-corrected chi connectivity index (χ4v) is 5.35. The Balaban J connectivity index is 0.000000796. The van der Waals surface area contributed by atoms with E-state index in [-0.39, 0.29) is 53.1 Å². The van der Waals surface area contributed by atoms with Gasteiger partial charge in [0, 0.05) is 31.5 Å². The number of benzene rings is 2. The van der Waals surface area contributed by atoms with Crippen LogP contribution in [0.4, 0.5) is 20.3 Å². The molecular formula is C33H43F2N5O3. The van der Waals surface area contributed by atoms with Crippen LogP contribution in [0.5, 0.6) is 0 Å². The third-order valence-corrected chi connectivity index (χ3v) is 7.26. The molecule has 2 aromatic carbocycles. The summed E-state index contributed by atoms with van der Waals surface area (Å²) >= 11 is 0. The summed E-state index contributed by atoms with van der Waals surface area (Å²) in [6, 6.07) is 11.2. The number of halogens is 2. The average molecular weight is 596 g/mol. The zero-order chi connectivity index (χ0) is 31.5. The maximum absolute atomic E-state index is 14.4. The molecule has 6 rings (SSSR count). The molecule has 0 saturated carbocycles. The Kier molecular flexibility index (Phi) is 12.5. The van der Waals surface area contributed by atoms with Crippen molar-refractivity contribution >= 4 is 23.3 Å². The van der Waals surface area contributed by atoms with Gasteiger partial charge in [0.1, 0.15) is 23.0 Å². The standard InChI is InChI=1S/C27H25F2N5O3.3C2H6/c28-19-2-1-3-20(29)22(19)24-32-21-14-30-26(35)23(21)25(33-24)31-16-6-4-15(5-7-16)18-8-11-34(27(18)36)17-9-12-37-13-10-17;3*1-2/h1-7,17-18H,8-14H2,(H,30,35)(H,31,32,33);3*1-2H3. The number of likely N-dealkylation sites (tertiary alicyclic amines) is 1. The highest BCUT2D eigenvalue weighted by molar-refractivity contribution is 6.03. The second kappa shape index (κ2) is 16.1. The summed E-state index contributed by atoms with van der Waals surface area (Å²) in [6.45, 7) is 14.3. The van der Waals surface area contributed by atoms with E-state index >= 15 is 0 Å². The number of amides is 2. The second-order valence-corrected chi connectivity index (χ2v) is 9.46. The van der Waals surface area contributed by atoms with Gasteiger partial charge < -0.3 is 20.3 Å². The van der Waals surface area contributed by atoms with Crippen molar-refractivity contribution in [3.63, 3.8) is 0 Å². The first kappa shape index (κ1) is 33.6. The minimum Gasteiger partial charge on any atom is -0.381 e. The van der Waals surface area contributed by atoms with Gasteiger partial charge in [-0.3, -0.25) is 9.59 Å². The molecule has 2 saturated heterocycles. The van der Waals surface area contributed by atoms with E-state index in [0.29, 0.717) is 24.6 Å². The summed E-state index contributed by atoms with van der Waals surface area (Å²) in [5, 5.41) is 5.79. The van der Waals surface area contributed by atoms with E-state index in [1.165, 1.54) is 6.07 Å². The zero-order valence-corrected chi connectivity index (χ0v) is 26.0. The summed E-state index contributed by atoms with van der Waals surface area (Å²) in [7, 11) is 0. The lowest BCUT2D eigenvalue weighted by molar-refractivity contribution is -0.132. The molecular weight excluding hydrogens is 552 g/mol. The van der Waals surface area contributed by atoms with Crippen LogP contribution in [0.15, 0.2) is 42.5 Å². The monoisotopic (exact) mass is 595 g/mol. The van der Waals surface area contributed by atoms with Crippen LogP contribution in [0.25, 0.3) is 11.4 Å². The van der Waals surface area contributed by atoms with Crippen LogP contribution in [0.2, 0.25) is 0 Å². The number of hydrogen-bond acceptors (Lipinski definition) is 6. The molecule has 2 amide bonds. The Bertz CT molecular complexity index is 1360. The maximum atomic E-state index is 14.4. The summed E-state index contributed by atoms with van der Waals surface area (Å²) < 4.78 is 34.3. The number of nitrogens with zero attached hydrogens (tertiary/aromatic N) is 3. The number of nitrogens with one attached hydrogen (secondary N) is 2. The van der Waals surface area contributed by atoms with Gasteiger partial charge in [-0.05, 0) is 49.1 Å². The highest BCUT2D eigenvalue weighted by Gasteiger charge is 2.37. The molecule has 3 aromatic rings. The van der Waals surface area contributed by atoms with E-state index in [2.05, 4.69) is 20.6 Å². The van der Waals surface area contributed by atoms with Crippen molar-refractivity contribution in [1.29, 1.82) is 0 Å². The van der Waals surface area contributed by atoms with Gasteiger partial charge in [0.2, 0.25) is 5.91 Å². The van der Waals surface area contributed by atoms with Gasteiger partial charge in [0.25, 0.3) is 5.91 Å². The smallest absolute Gasteiger partial charge is 0.257 e. The molecule has 1 atom stereocenters. The Morgan fingerprint density at radius 2 is 1.49 bits per heavy atom. The van der Waals surface area contributed by atoms with Crippen LogP contribution in [-0.4, -0.2) is 52.5 Å². The molecule has 2 fully saturated rings. The largest absolute Gasteiger partial charge is 0.381 e. The highest BCUT2D eigenvalue weighted by atomic mass is 19.1. The lowest BCUT2D eigenvalue weighted by atomic mass is 9.97. The fraction of sp³-hybridized carbons (Fsp3) is 0.455. The number of aromatic nitrogens is 2. The van der Waals surface area contributed by atoms with Crippen LogP contribution in [-0.2, 0) is 16.1 Å². The van der Waals surface area contributed by atoms with E-state index in [4.69, 9.17) is 4.74 Å². The van der Waals surface area contributed by atoms with Crippen molar-refractivity contribution in [1.82, 2.24) is 20.2 Å². The normalized spacial score (nSPS) is 17.4. The molecule has 10 heteroatoms. The summed E-state index contributed by atoms with van der Waals surface area (Å²) in [6.07, 6.45) is 2.51. The second-order valence-electron chi connectivity index (χ2n) is 9.46. The van der Waals surface area contributed by atoms with Crippen LogP contribution in [0.3, 0.4) is 0 Å². The SMILES string of the molecule is CC.CC.CC.O=C1NCc2nc(-c3c(F)cccc3F)nc(Nc3ccc(C4CCN(C5CCOCC5)C4=O)cc3)c21. The van der Waals surface area contributed by atoms with Gasteiger partial charge in [-0.1, -0.05) is 59.7 Å². The summed E-state index contributed by atoms with van der Waals surface area (Å²) in [5.74, 6) is -1.97. The van der Waals surface area contributed by atoms with Crippen LogP contribution in [0.1, 0.15) is 88.3 Å². The van der Waals surface area contributed by atoms with E-state index in [1.54, 1.807) is 0 Å². The van der Waals surface area contributed by atoms with Crippen molar-refractivity contribution < 1.29 is 23.1 Å². The molecule has 2 N–H and O–H groups in total. The maximum Gasteiger partial charge on any atom is 0.257 e. The van der Waals surface area contributed by atoms with Gasteiger partial charge in [-0.25, -0.2) is 18.7 Å². The first-order chi connectivity index (χ1) is 21.0. The van der Waals surface area contributed by atoms with E-state index in [9.17, 15) is 18.4 Å². The Morgan fingerprint density at radius 3 is 2.12 bits per heavy atom. The first-order valence-electron chi connectivity index (χ1n) is 15.4. The highest BCUT2D eigenvalue weighted by Crippen LogP contribution is 2.34. The fourth-order valence-electron chi connectivity index (χ4n) is 5.35. The molecule has 0 bridgehead atoms. The number of hydrogen-bond donors (Lipinski definition) is 2. The zero-order valence-electron chi connectivity index (χ0n) is 26.0. The summed E-state index contributed by atoms with van der Waals surface area (Å²) in [5.41, 5.74) is 1.79. The number of ether oxygens (including phenoxy) is 1. The first-order valence-corrected chi connectivity index (χ1v) is 15.4. The van der Waals surface area contributed by atoms with E-state index in [1.807, 2.05) is 70.7 Å². The van der Waals surface area contributed by atoms with Gasteiger partial charge in [0.05, 0.1) is 23.7 Å². The van der Waals surface area contributed by atoms with E-state index in [0.717, 1.165) is 43.5 Å². The van der Waals surface area contributed by atoms with E-state index < -0.39 is 11.6 Å². The molecule has 232 valence electrons. The molecule has 1 unspecified atom stereocenters. The topological polar surface area (TPSA) is 96.4 Å². The van der Waals surface area contributed by atoms with Crippen LogP contribution < -0.4 is 10.6 Å². The molecule has 0 aliphatic carbocycles. The molecule has 3 aliphatic heterocycles. The number of carbonyl (C=O) groups excluding carboxylic acids is 2. The molecule has 0 spiro atoms. The Morgan fingerprint density at radius 1 is 0.860 bits per heavy atom. The van der Waals surface area contributed by atoms with Gasteiger partial charge in [-0.2, -0.15) is 0 Å². The van der Waals surface area contributed by atoms with Crippen molar-refractivity contribution in [2.45, 2.75) is 79.3 Å². The quantitative estimate of drug-likeness (QED) is 0.330. The van der Waals surface area contributed by atoms with Gasteiger partial charge in [-0.15, -0.1) is 0 Å². The molecule has 4 heterocycles. The van der Waals surface area contributed by atoms with Crippen LogP contribution >= 0.6 is 0 Å². The number of carbonyl (C=O) groups is 2. The third kappa shape index (κ3) is 7.36. The van der Waals surface area contributed by atoms with Gasteiger partial charge >= 0.3 is 0 Å². The summed E-state index contributed by atoms with van der Waals surface area (Å²) in [4.78, 5) is 36.1. The minimum atomic E-state index is -0.788. The number of fused-ring (bicyclic) bond motifs is 1. The minimum absolute atomic E-state index is 0.140. The molecule has 3 aliphatic rings. The number of anilines is 2. The van der Waals surface area contributed by atoms with Crippen molar-refractivity contribution in [2.24, 2.45) is 0 Å². The molecule has 43 heavy (non-hydrogen) atoms. The average Bonchev–Trinajstić information content (AvgIpc) is 3.63. The van der Waals surface area contributed by atoms with Crippen molar-refractivity contribution in [3.8, 4) is 11.4 Å². The lowest BCUT2D eigenvalue weighted by Gasteiger charge is -2.31. The van der Waals surface area contributed by atoms with Gasteiger partial charge in [0.15, 0.2) is 5.82 Å². The van der Waals surface area contributed by atoms with Crippen molar-refractivity contribution in [3.05, 3.63) is 70.9 Å². The Labute approximate surface area is 253 Å². The predicted molar refractivity (Wildman–Crippen MR) is 165 cm³/mol. The third-order valence-electron chi connectivity index (χ3n) is 7.26. The predicted octanol–water partition coefficient (Wildman–Crippen LogP) is 6.98. The molecule has 8 nitrogen and oxygen atoms in total. The Hall–Kier alpha value is -3.92. The van der Waals surface area contributed by atoms with Crippen molar-refractivity contribution in [2.75, 3.05) is 25.1 Å². The molecule has 0 radical (unpaired) electrons. The lowest BCUT2D eigenvalue weighted by Crippen LogP contribution is -2.40.